The first-order valence-electron chi connectivity index (χ1n) is 7.41. The molecule has 0 radical (unpaired) electrons. The van der Waals surface area contributed by atoms with Crippen molar-refractivity contribution < 1.29 is 4.74 Å². The number of rotatable bonds is 9. The number of morpholine rings is 1. The second-order valence-electron chi connectivity index (χ2n) is 5.03. The van der Waals surface area contributed by atoms with Gasteiger partial charge < -0.3 is 15.0 Å². The number of unbranched alkanes of at least 4 members (excludes halogenated alkanes) is 2. The first-order valence-corrected chi connectivity index (χ1v) is 7.41. The van der Waals surface area contributed by atoms with Crippen LogP contribution >= 0.6 is 0 Å². The Morgan fingerprint density at radius 3 is 2.35 bits per heavy atom. The van der Waals surface area contributed by atoms with E-state index >= 15 is 0 Å². The first-order chi connectivity index (χ1) is 8.36. The molecule has 0 aromatic rings. The van der Waals surface area contributed by atoms with E-state index in [9.17, 15) is 0 Å². The van der Waals surface area contributed by atoms with E-state index in [2.05, 4.69) is 24.1 Å². The van der Waals surface area contributed by atoms with Crippen molar-refractivity contribution in [3.05, 3.63) is 0 Å². The van der Waals surface area contributed by atoms with Crippen LogP contribution in [0.25, 0.3) is 0 Å². The van der Waals surface area contributed by atoms with E-state index in [-0.39, 0.29) is 0 Å². The quantitative estimate of drug-likeness (QED) is 0.671. The van der Waals surface area contributed by atoms with E-state index in [4.69, 9.17) is 4.74 Å². The SMILES string of the molecule is CCCCN(CCCC)CCC1CNCCO1. The molecule has 0 saturated carbocycles. The maximum Gasteiger partial charge on any atom is 0.0712 e. The van der Waals surface area contributed by atoms with Crippen LogP contribution < -0.4 is 5.32 Å². The van der Waals surface area contributed by atoms with Gasteiger partial charge in [0.2, 0.25) is 0 Å². The lowest BCUT2D eigenvalue weighted by atomic mass is 10.2. The third-order valence-corrected chi connectivity index (χ3v) is 3.43. The van der Waals surface area contributed by atoms with Crippen LogP contribution in [0.1, 0.15) is 46.0 Å². The molecule has 0 bridgehead atoms. The van der Waals surface area contributed by atoms with Gasteiger partial charge in [0.15, 0.2) is 0 Å². The molecule has 3 heteroatoms. The van der Waals surface area contributed by atoms with Gasteiger partial charge in [-0.1, -0.05) is 26.7 Å². The number of hydrogen-bond acceptors (Lipinski definition) is 3. The lowest BCUT2D eigenvalue weighted by Crippen LogP contribution is -2.40. The van der Waals surface area contributed by atoms with E-state index in [0.717, 1.165) is 19.7 Å². The Bertz CT molecular complexity index is 162. The highest BCUT2D eigenvalue weighted by molar-refractivity contribution is 4.69. The molecule has 1 fully saturated rings. The van der Waals surface area contributed by atoms with E-state index in [1.54, 1.807) is 0 Å². The molecule has 1 heterocycles. The summed E-state index contributed by atoms with van der Waals surface area (Å²) in [5.41, 5.74) is 0. The molecular weight excluding hydrogens is 212 g/mol. The zero-order valence-corrected chi connectivity index (χ0v) is 11.7. The second kappa shape index (κ2) is 9.86. The maximum absolute atomic E-state index is 5.75. The van der Waals surface area contributed by atoms with Gasteiger partial charge in [0.05, 0.1) is 12.7 Å². The molecule has 1 aliphatic heterocycles. The lowest BCUT2D eigenvalue weighted by molar-refractivity contribution is 0.0172. The predicted octanol–water partition coefficient (Wildman–Crippen LogP) is 2.27. The molecule has 1 saturated heterocycles. The number of ether oxygens (including phenoxy) is 1. The topological polar surface area (TPSA) is 24.5 Å². The van der Waals surface area contributed by atoms with Crippen molar-refractivity contribution in [3.63, 3.8) is 0 Å². The van der Waals surface area contributed by atoms with E-state index in [1.165, 1.54) is 51.7 Å². The minimum atomic E-state index is 0.439. The molecule has 1 atom stereocenters. The Morgan fingerprint density at radius 2 is 1.82 bits per heavy atom. The summed E-state index contributed by atoms with van der Waals surface area (Å²) in [6.45, 7) is 11.2. The van der Waals surface area contributed by atoms with Gasteiger partial charge in [-0.15, -0.1) is 0 Å². The van der Waals surface area contributed by atoms with Crippen molar-refractivity contribution in [3.8, 4) is 0 Å². The van der Waals surface area contributed by atoms with Crippen LogP contribution in [0.5, 0.6) is 0 Å². The highest BCUT2D eigenvalue weighted by Gasteiger charge is 2.14. The molecule has 0 amide bonds. The zero-order chi connectivity index (χ0) is 12.3. The molecule has 1 unspecified atom stereocenters. The van der Waals surface area contributed by atoms with Crippen molar-refractivity contribution in [1.82, 2.24) is 10.2 Å². The average molecular weight is 242 g/mol. The molecule has 1 rings (SSSR count). The molecule has 3 nitrogen and oxygen atoms in total. The summed E-state index contributed by atoms with van der Waals surface area (Å²) in [6, 6.07) is 0. The standard InChI is InChI=1S/C14H30N2O/c1-3-5-9-16(10-6-4-2)11-7-14-13-15-8-12-17-14/h14-15H,3-13H2,1-2H3. The molecule has 0 aromatic carbocycles. The minimum Gasteiger partial charge on any atom is -0.376 e. The van der Waals surface area contributed by atoms with Gasteiger partial charge in [-0.2, -0.15) is 0 Å². The highest BCUT2D eigenvalue weighted by atomic mass is 16.5. The van der Waals surface area contributed by atoms with Crippen LogP contribution in [0, 0.1) is 0 Å². The second-order valence-corrected chi connectivity index (χ2v) is 5.03. The summed E-state index contributed by atoms with van der Waals surface area (Å²) < 4.78 is 5.75. The summed E-state index contributed by atoms with van der Waals surface area (Å²) in [5, 5.41) is 3.40. The van der Waals surface area contributed by atoms with E-state index < -0.39 is 0 Å². The van der Waals surface area contributed by atoms with Gasteiger partial charge in [-0.05, 0) is 32.4 Å². The smallest absolute Gasteiger partial charge is 0.0712 e. The van der Waals surface area contributed by atoms with Gasteiger partial charge >= 0.3 is 0 Å². The van der Waals surface area contributed by atoms with Gasteiger partial charge in [-0.3, -0.25) is 0 Å². The zero-order valence-electron chi connectivity index (χ0n) is 11.7. The molecule has 0 aliphatic carbocycles. The van der Waals surface area contributed by atoms with Crippen molar-refractivity contribution >= 4 is 0 Å². The average Bonchev–Trinajstić information content (AvgIpc) is 2.39. The Hall–Kier alpha value is -0.120. The molecule has 0 spiro atoms. The van der Waals surface area contributed by atoms with Gasteiger partial charge in [0, 0.05) is 19.6 Å². The Morgan fingerprint density at radius 1 is 1.12 bits per heavy atom. The monoisotopic (exact) mass is 242 g/mol. The Labute approximate surface area is 107 Å². The van der Waals surface area contributed by atoms with Crippen LogP contribution in [0.2, 0.25) is 0 Å². The van der Waals surface area contributed by atoms with Gasteiger partial charge in [-0.25, -0.2) is 0 Å². The predicted molar refractivity (Wildman–Crippen MR) is 73.5 cm³/mol. The highest BCUT2D eigenvalue weighted by Crippen LogP contribution is 2.06. The lowest BCUT2D eigenvalue weighted by Gasteiger charge is -2.27. The summed E-state index contributed by atoms with van der Waals surface area (Å²) in [5.74, 6) is 0. The van der Waals surface area contributed by atoms with Crippen LogP contribution in [0.15, 0.2) is 0 Å². The Balaban J connectivity index is 2.16. The number of hydrogen-bond donors (Lipinski definition) is 1. The van der Waals surface area contributed by atoms with Crippen molar-refractivity contribution in [2.24, 2.45) is 0 Å². The van der Waals surface area contributed by atoms with E-state index in [0.29, 0.717) is 6.10 Å². The molecule has 17 heavy (non-hydrogen) atoms. The molecule has 1 N–H and O–H groups in total. The molecule has 0 aromatic heterocycles. The largest absolute Gasteiger partial charge is 0.376 e. The minimum absolute atomic E-state index is 0.439. The number of nitrogens with zero attached hydrogens (tertiary/aromatic N) is 1. The van der Waals surface area contributed by atoms with Crippen molar-refractivity contribution in [1.29, 1.82) is 0 Å². The molecular formula is C14H30N2O. The first kappa shape index (κ1) is 14.9. The third kappa shape index (κ3) is 7.02. The molecule has 102 valence electrons. The summed E-state index contributed by atoms with van der Waals surface area (Å²) in [7, 11) is 0. The summed E-state index contributed by atoms with van der Waals surface area (Å²) >= 11 is 0. The molecule has 1 aliphatic rings. The third-order valence-electron chi connectivity index (χ3n) is 3.43. The van der Waals surface area contributed by atoms with Crippen LogP contribution in [0.3, 0.4) is 0 Å². The fourth-order valence-corrected chi connectivity index (χ4v) is 2.23. The number of nitrogens with one attached hydrogen (secondary N) is 1. The Kier molecular flexibility index (Phi) is 8.67. The normalized spacial score (nSPS) is 21.0. The maximum atomic E-state index is 5.75. The van der Waals surface area contributed by atoms with Gasteiger partial charge in [0.25, 0.3) is 0 Å². The summed E-state index contributed by atoms with van der Waals surface area (Å²) in [6.07, 6.45) is 6.87. The van der Waals surface area contributed by atoms with E-state index in [1.807, 2.05) is 0 Å². The van der Waals surface area contributed by atoms with Gasteiger partial charge in [0.1, 0.15) is 0 Å². The van der Waals surface area contributed by atoms with Crippen molar-refractivity contribution in [2.45, 2.75) is 52.1 Å². The summed E-state index contributed by atoms with van der Waals surface area (Å²) in [4.78, 5) is 2.62. The fourth-order valence-electron chi connectivity index (χ4n) is 2.23. The van der Waals surface area contributed by atoms with Crippen molar-refractivity contribution in [2.75, 3.05) is 39.3 Å². The van der Waals surface area contributed by atoms with Crippen LogP contribution in [0.4, 0.5) is 0 Å². The fraction of sp³-hybridized carbons (Fsp3) is 1.00. The van der Waals surface area contributed by atoms with Crippen LogP contribution in [-0.2, 0) is 4.74 Å². The van der Waals surface area contributed by atoms with Crippen LogP contribution in [-0.4, -0.2) is 50.3 Å².